The van der Waals surface area contributed by atoms with Gasteiger partial charge in [-0.3, -0.25) is 38.4 Å². The Bertz CT molecular complexity index is 1960. The van der Waals surface area contributed by atoms with E-state index in [1.54, 1.807) is 9.80 Å². The van der Waals surface area contributed by atoms with Crippen LogP contribution in [0.25, 0.3) is 0 Å². The third-order valence-corrected chi connectivity index (χ3v) is 14.9. The molecule has 372 valence electrons. The normalized spacial score (nSPS) is 27.4. The molecule has 0 spiro atoms. The Morgan fingerprint density at radius 1 is 0.591 bits per heavy atom. The number of likely N-dealkylation sites (tertiary alicyclic amines) is 2. The van der Waals surface area contributed by atoms with Crippen molar-refractivity contribution in [1.29, 1.82) is 0 Å². The molecule has 0 aromatic carbocycles. The van der Waals surface area contributed by atoms with E-state index in [0.29, 0.717) is 31.8 Å². The molecule has 2 saturated heterocycles. The second-order valence-electron chi connectivity index (χ2n) is 24.2. The second kappa shape index (κ2) is 19.0. The summed E-state index contributed by atoms with van der Waals surface area (Å²) in [7, 11) is 0. The molecule has 18 nitrogen and oxygen atoms in total. The van der Waals surface area contributed by atoms with Crippen molar-refractivity contribution in [2.45, 2.75) is 170 Å². The molecule has 2 aliphatic heterocycles. The fourth-order valence-electron chi connectivity index (χ4n) is 10.2. The van der Waals surface area contributed by atoms with E-state index in [9.17, 15) is 43.2 Å². The first-order valence-electron chi connectivity index (χ1n) is 23.3. The van der Waals surface area contributed by atoms with Gasteiger partial charge in [-0.15, -0.1) is 12.4 Å². The first-order valence-corrected chi connectivity index (χ1v) is 23.3. The highest BCUT2D eigenvalue weighted by molar-refractivity contribution is 6.38. The summed E-state index contributed by atoms with van der Waals surface area (Å²) in [5.41, 5.74) is 14.9. The molecule has 4 unspecified atom stereocenters. The Labute approximate surface area is 396 Å². The van der Waals surface area contributed by atoms with Gasteiger partial charge in [-0.05, 0) is 90.8 Å². The van der Waals surface area contributed by atoms with Gasteiger partial charge in [-0.2, -0.15) is 0 Å². The smallest absolute Gasteiger partial charge is 0.315 e. The Hall–Kier alpha value is -4.32. The highest BCUT2D eigenvalue weighted by atomic mass is 35.5. The van der Waals surface area contributed by atoms with Crippen LogP contribution in [0.2, 0.25) is 0 Å². The van der Waals surface area contributed by atoms with Gasteiger partial charge in [-0.1, -0.05) is 94.9 Å². The maximum absolute atomic E-state index is 13.9. The number of nitrogens with one attached hydrogen (secondary N) is 4. The van der Waals surface area contributed by atoms with Crippen molar-refractivity contribution in [2.24, 2.45) is 74.4 Å². The lowest BCUT2D eigenvalue weighted by Gasteiger charge is -2.38. The summed E-state index contributed by atoms with van der Waals surface area (Å²) in [4.78, 5) is 117. The number of amides is 8. The molecule has 2 heterocycles. The minimum Gasteiger partial charge on any atom is -0.363 e. The van der Waals surface area contributed by atoms with Crippen molar-refractivity contribution in [3.8, 4) is 0 Å². The van der Waals surface area contributed by atoms with Crippen molar-refractivity contribution in [1.82, 2.24) is 31.1 Å². The lowest BCUT2D eigenvalue weighted by atomic mass is 9.85. The molecule has 6 fully saturated rings. The highest BCUT2D eigenvalue weighted by Crippen LogP contribution is 2.66. The van der Waals surface area contributed by atoms with Crippen LogP contribution in [-0.2, 0) is 38.4 Å². The zero-order valence-corrected chi connectivity index (χ0v) is 42.1. The number of halogens is 1. The van der Waals surface area contributed by atoms with Crippen LogP contribution in [0.3, 0.4) is 0 Å². The van der Waals surface area contributed by atoms with Crippen LogP contribution in [0.15, 0.2) is 0 Å². The van der Waals surface area contributed by atoms with Crippen LogP contribution in [-0.4, -0.2) is 118 Å². The number of fused-ring (bicyclic) bond motifs is 2. The van der Waals surface area contributed by atoms with Gasteiger partial charge >= 0.3 is 6.03 Å². The summed E-state index contributed by atoms with van der Waals surface area (Å²) in [6.07, 6.45) is 4.62. The van der Waals surface area contributed by atoms with Crippen LogP contribution < -0.4 is 38.5 Å². The molecule has 10 atom stereocenters. The van der Waals surface area contributed by atoms with Crippen molar-refractivity contribution in [2.75, 3.05) is 13.1 Å². The van der Waals surface area contributed by atoms with E-state index < -0.39 is 93.8 Å². The number of rotatable bonds is 15. The first-order chi connectivity index (χ1) is 29.6. The van der Waals surface area contributed by atoms with Gasteiger partial charge < -0.3 is 48.3 Å². The van der Waals surface area contributed by atoms with Crippen LogP contribution in [0.4, 0.5) is 4.79 Å². The van der Waals surface area contributed by atoms with E-state index in [2.05, 4.69) is 49.0 Å². The number of urea groups is 1. The van der Waals surface area contributed by atoms with Gasteiger partial charge in [0.25, 0.3) is 11.8 Å². The predicted octanol–water partition coefficient (Wildman–Crippen LogP) is 1.93. The number of hydrogen-bond acceptors (Lipinski definition) is 10. The average molecular weight is 949 g/mol. The summed E-state index contributed by atoms with van der Waals surface area (Å²) >= 11 is 0. The minimum absolute atomic E-state index is 0. The largest absolute Gasteiger partial charge is 0.363 e. The minimum atomic E-state index is -1.08. The number of nitrogens with zero attached hydrogens (tertiary/aromatic N) is 2. The molecular weight excluding hydrogens is 870 g/mol. The number of hydrogen-bond donors (Lipinski definition) is 7. The molecule has 0 radical (unpaired) electrons. The molecule has 6 aliphatic rings. The molecule has 0 aromatic heterocycles. The monoisotopic (exact) mass is 948 g/mol. The van der Waals surface area contributed by atoms with Crippen LogP contribution >= 0.6 is 12.4 Å². The van der Waals surface area contributed by atoms with Gasteiger partial charge in [0.15, 0.2) is 0 Å². The highest BCUT2D eigenvalue weighted by Gasteiger charge is 2.71. The fourth-order valence-corrected chi connectivity index (χ4v) is 10.2. The van der Waals surface area contributed by atoms with Gasteiger partial charge in [0.05, 0.1) is 18.1 Å². The summed E-state index contributed by atoms with van der Waals surface area (Å²) in [5, 5.41) is 11.1. The maximum Gasteiger partial charge on any atom is 0.315 e. The van der Waals surface area contributed by atoms with E-state index in [-0.39, 0.29) is 64.6 Å². The summed E-state index contributed by atoms with van der Waals surface area (Å²) in [6.45, 7) is 26.0. The summed E-state index contributed by atoms with van der Waals surface area (Å²) < 4.78 is 0. The van der Waals surface area contributed by atoms with Gasteiger partial charge in [0.1, 0.15) is 18.1 Å². The van der Waals surface area contributed by atoms with Crippen LogP contribution in [0.5, 0.6) is 0 Å². The lowest BCUT2D eigenvalue weighted by Crippen LogP contribution is -2.62. The molecule has 8 amide bonds. The van der Waals surface area contributed by atoms with E-state index in [4.69, 9.17) is 17.2 Å². The first kappa shape index (κ1) is 54.3. The molecule has 10 N–H and O–H groups in total. The molecule has 4 aliphatic carbocycles. The maximum atomic E-state index is 13.9. The van der Waals surface area contributed by atoms with E-state index in [1.807, 2.05) is 62.3 Å². The Balaban J connectivity index is 0.000000290. The third-order valence-electron chi connectivity index (χ3n) is 14.9. The van der Waals surface area contributed by atoms with E-state index >= 15 is 0 Å². The number of carbonyl (C=O) groups excluding carboxylic acids is 9. The topological polar surface area (TPSA) is 286 Å². The number of piperidine rings is 2. The molecule has 0 bridgehead atoms. The quantitative estimate of drug-likeness (QED) is 0.117. The second-order valence-corrected chi connectivity index (χ2v) is 24.2. The number of Topliss-reactive ketones (excluding diaryl/α,β-unsaturated/α-hetero) is 2. The number of primary amides is 2. The van der Waals surface area contributed by atoms with Gasteiger partial charge in [0, 0.05) is 18.6 Å². The third kappa shape index (κ3) is 12.0. The van der Waals surface area contributed by atoms with Crippen molar-refractivity contribution >= 4 is 65.4 Å². The van der Waals surface area contributed by atoms with Crippen LogP contribution in [0.1, 0.15) is 129 Å². The molecule has 19 heteroatoms. The van der Waals surface area contributed by atoms with Crippen molar-refractivity contribution < 1.29 is 43.2 Å². The van der Waals surface area contributed by atoms with Gasteiger partial charge in [0.2, 0.25) is 35.2 Å². The molecule has 6 rings (SSSR count). The summed E-state index contributed by atoms with van der Waals surface area (Å²) in [6, 6.07) is -5.46. The Kier molecular flexibility index (Phi) is 15.6. The zero-order chi connectivity index (χ0) is 49.3. The van der Waals surface area contributed by atoms with Crippen molar-refractivity contribution in [3.63, 3.8) is 0 Å². The van der Waals surface area contributed by atoms with E-state index in [1.165, 1.54) is 0 Å². The average Bonchev–Trinajstić information content (AvgIpc) is 4.14. The summed E-state index contributed by atoms with van der Waals surface area (Å²) in [5.74, 6) is -4.24. The zero-order valence-electron chi connectivity index (χ0n) is 41.3. The molecule has 4 saturated carbocycles. The van der Waals surface area contributed by atoms with Crippen LogP contribution in [0, 0.1) is 57.2 Å². The van der Waals surface area contributed by atoms with Gasteiger partial charge in [-0.25, -0.2) is 4.79 Å². The number of ketones is 2. The standard InChI is InChI=1S/C26H43N5O5.C21H34N4O4.ClH/c1-24(2,3)19(29-23(36)30-25(4,5)6)22(35)31-12-14-16(26(14,7)8)17(31)21(34)28-15(11-13-9-10-13)18(32)20(27)33;1-20(2,3)16(22)19(29)25-9-11-13(21(11,4)5)14(25)18(28)24-12(8-10-6-7-10)15(26)17(23)27;/h13-17,19H,9-12H2,1-8H3,(H2,27,33)(H,28,34)(H2,29,30,36);10-14,16H,6-9,22H2,1-5H3,(H2,23,27)(H,24,28);1H/t14-,15?,16-,17-,19?;11-,12?,13-,14-,16?;/m00./s1. The molecular formula is C47H78ClN9O9. The SMILES string of the molecule is CC(C)(C)C(N)C(=O)N1C[C@H]2[C@@H]([C@H]1C(=O)NC(CC1CC1)C(=O)C(N)=O)C2(C)C.CC(C)(C)NC(=O)NC(C(=O)N1C[C@H]2[C@@H]([C@H]1C(=O)NC(CC1CC1)C(=O)C(N)=O)C2(C)C)C(C)(C)C.Cl. The Morgan fingerprint density at radius 3 is 1.26 bits per heavy atom. The molecule has 66 heavy (non-hydrogen) atoms. The number of nitrogens with two attached hydrogens (primary N) is 3. The molecule has 0 aromatic rings. The fraction of sp³-hybridized carbons (Fsp3) is 0.809. The lowest BCUT2D eigenvalue weighted by molar-refractivity contribution is -0.145. The predicted molar refractivity (Wildman–Crippen MR) is 249 cm³/mol. The number of carbonyl (C=O) groups is 9. The van der Waals surface area contributed by atoms with E-state index in [0.717, 1.165) is 25.7 Å². The Morgan fingerprint density at radius 2 is 0.955 bits per heavy atom. The van der Waals surface area contributed by atoms with Crippen molar-refractivity contribution in [3.05, 3.63) is 0 Å².